The number of nitrogens with one attached hydrogen (secondary N) is 2. The molecule has 0 saturated carbocycles. The highest BCUT2D eigenvalue weighted by Gasteiger charge is 2.01. The summed E-state index contributed by atoms with van der Waals surface area (Å²) in [5.41, 5.74) is 2.41. The number of anilines is 2. The van der Waals surface area contributed by atoms with Crippen LogP contribution in [0.1, 0.15) is 47.0 Å². The third kappa shape index (κ3) is 5.12. The van der Waals surface area contributed by atoms with E-state index in [1.165, 1.54) is 24.2 Å². The van der Waals surface area contributed by atoms with Gasteiger partial charge in [0, 0.05) is 23.5 Å². The minimum atomic E-state index is 0.535. The second-order valence-electron chi connectivity index (χ2n) is 4.87. The van der Waals surface area contributed by atoms with Gasteiger partial charge in [0.05, 0.1) is 0 Å². The summed E-state index contributed by atoms with van der Waals surface area (Å²) in [6.07, 6.45) is 3.59. The molecular formula is C15H26N2. The van der Waals surface area contributed by atoms with E-state index >= 15 is 0 Å². The molecule has 0 fully saturated rings. The van der Waals surface area contributed by atoms with Gasteiger partial charge in [-0.2, -0.15) is 0 Å². The van der Waals surface area contributed by atoms with Crippen LogP contribution in [0.5, 0.6) is 0 Å². The average Bonchev–Trinajstić information content (AvgIpc) is 2.32. The maximum Gasteiger partial charge on any atom is 0.0343 e. The van der Waals surface area contributed by atoms with Gasteiger partial charge in [-0.15, -0.1) is 0 Å². The molecule has 0 aromatic heterocycles. The van der Waals surface area contributed by atoms with Crippen molar-refractivity contribution in [2.75, 3.05) is 10.6 Å². The van der Waals surface area contributed by atoms with Crippen LogP contribution in [0.4, 0.5) is 11.4 Å². The Kier molecular flexibility index (Phi) is 5.88. The molecule has 0 spiro atoms. The lowest BCUT2D eigenvalue weighted by Crippen LogP contribution is -2.15. The van der Waals surface area contributed by atoms with Gasteiger partial charge in [-0.25, -0.2) is 0 Å². The van der Waals surface area contributed by atoms with E-state index in [9.17, 15) is 0 Å². The summed E-state index contributed by atoms with van der Waals surface area (Å²) < 4.78 is 0. The number of rotatable bonds is 7. The number of hydrogen-bond acceptors (Lipinski definition) is 2. The smallest absolute Gasteiger partial charge is 0.0343 e. The van der Waals surface area contributed by atoms with Crippen LogP contribution in [0.3, 0.4) is 0 Å². The standard InChI is InChI=1S/C15H26N2/c1-5-7-13(4)17-15-10-8-14(9-11-15)16-12(3)6-2/h8-13,16-17H,5-7H2,1-4H3. The van der Waals surface area contributed by atoms with Crippen molar-refractivity contribution in [2.24, 2.45) is 0 Å². The van der Waals surface area contributed by atoms with E-state index in [2.05, 4.69) is 62.6 Å². The summed E-state index contributed by atoms with van der Waals surface area (Å²) in [4.78, 5) is 0. The van der Waals surface area contributed by atoms with Crippen molar-refractivity contribution in [3.8, 4) is 0 Å². The van der Waals surface area contributed by atoms with Crippen molar-refractivity contribution in [3.05, 3.63) is 24.3 Å². The van der Waals surface area contributed by atoms with E-state index in [0.29, 0.717) is 12.1 Å². The highest BCUT2D eigenvalue weighted by Crippen LogP contribution is 2.16. The van der Waals surface area contributed by atoms with Gasteiger partial charge in [0.25, 0.3) is 0 Å². The lowest BCUT2D eigenvalue weighted by Gasteiger charge is -2.16. The van der Waals surface area contributed by atoms with E-state index in [1.54, 1.807) is 0 Å². The van der Waals surface area contributed by atoms with Crippen LogP contribution >= 0.6 is 0 Å². The molecule has 0 aliphatic heterocycles. The Hall–Kier alpha value is -1.18. The van der Waals surface area contributed by atoms with Crippen molar-refractivity contribution in [3.63, 3.8) is 0 Å². The zero-order valence-electron chi connectivity index (χ0n) is 11.6. The number of benzene rings is 1. The first-order valence-corrected chi connectivity index (χ1v) is 6.78. The van der Waals surface area contributed by atoms with E-state index < -0.39 is 0 Å². The Labute approximate surface area is 106 Å². The molecule has 0 amide bonds. The molecule has 2 N–H and O–H groups in total. The van der Waals surface area contributed by atoms with Crippen molar-refractivity contribution in [2.45, 2.75) is 59.0 Å². The van der Waals surface area contributed by atoms with Gasteiger partial charge >= 0.3 is 0 Å². The second-order valence-corrected chi connectivity index (χ2v) is 4.87. The van der Waals surface area contributed by atoms with Crippen LogP contribution in [0.15, 0.2) is 24.3 Å². The fourth-order valence-corrected chi connectivity index (χ4v) is 1.84. The van der Waals surface area contributed by atoms with Gasteiger partial charge in [0.2, 0.25) is 0 Å². The predicted octanol–water partition coefficient (Wildman–Crippen LogP) is 4.50. The second kappa shape index (κ2) is 7.21. The molecule has 17 heavy (non-hydrogen) atoms. The normalized spacial score (nSPS) is 14.1. The monoisotopic (exact) mass is 234 g/mol. The molecule has 2 unspecified atom stereocenters. The largest absolute Gasteiger partial charge is 0.383 e. The van der Waals surface area contributed by atoms with Gasteiger partial charge in [0.15, 0.2) is 0 Å². The van der Waals surface area contributed by atoms with E-state index in [-0.39, 0.29) is 0 Å². The predicted molar refractivity (Wildman–Crippen MR) is 77.8 cm³/mol. The van der Waals surface area contributed by atoms with Gasteiger partial charge in [-0.3, -0.25) is 0 Å². The highest BCUT2D eigenvalue weighted by atomic mass is 14.9. The molecule has 0 aliphatic rings. The zero-order valence-corrected chi connectivity index (χ0v) is 11.6. The topological polar surface area (TPSA) is 24.1 Å². The van der Waals surface area contributed by atoms with Crippen molar-refractivity contribution in [1.29, 1.82) is 0 Å². The van der Waals surface area contributed by atoms with Gasteiger partial charge in [-0.05, 0) is 51.0 Å². The maximum atomic E-state index is 3.51. The van der Waals surface area contributed by atoms with Gasteiger partial charge in [0.1, 0.15) is 0 Å². The Morgan fingerprint density at radius 1 is 0.882 bits per heavy atom. The molecule has 0 radical (unpaired) electrons. The first-order chi connectivity index (χ1) is 8.15. The molecule has 1 aromatic rings. The molecule has 1 rings (SSSR count). The molecule has 2 nitrogen and oxygen atoms in total. The zero-order chi connectivity index (χ0) is 12.7. The summed E-state index contributed by atoms with van der Waals surface area (Å²) in [5, 5.41) is 6.98. The molecule has 0 heterocycles. The van der Waals surface area contributed by atoms with Crippen molar-refractivity contribution >= 4 is 11.4 Å². The van der Waals surface area contributed by atoms with Crippen LogP contribution in [0, 0.1) is 0 Å². The molecule has 2 heteroatoms. The van der Waals surface area contributed by atoms with Crippen LogP contribution in [0.2, 0.25) is 0 Å². The summed E-state index contributed by atoms with van der Waals surface area (Å²) in [7, 11) is 0. The maximum absolute atomic E-state index is 3.51. The quantitative estimate of drug-likeness (QED) is 0.726. The van der Waals surface area contributed by atoms with Crippen LogP contribution in [-0.2, 0) is 0 Å². The van der Waals surface area contributed by atoms with E-state index in [1.807, 2.05) is 0 Å². The highest BCUT2D eigenvalue weighted by molar-refractivity contribution is 5.54. The summed E-state index contributed by atoms with van der Waals surface area (Å²) in [6, 6.07) is 9.68. The molecule has 1 aromatic carbocycles. The Morgan fingerprint density at radius 2 is 1.35 bits per heavy atom. The minimum absolute atomic E-state index is 0.535. The first kappa shape index (κ1) is 13.9. The minimum Gasteiger partial charge on any atom is -0.383 e. The third-order valence-corrected chi connectivity index (χ3v) is 3.05. The van der Waals surface area contributed by atoms with Crippen LogP contribution in [-0.4, -0.2) is 12.1 Å². The summed E-state index contributed by atoms with van der Waals surface area (Å²) in [5.74, 6) is 0. The summed E-state index contributed by atoms with van der Waals surface area (Å²) >= 11 is 0. The van der Waals surface area contributed by atoms with Crippen LogP contribution < -0.4 is 10.6 Å². The van der Waals surface area contributed by atoms with E-state index in [4.69, 9.17) is 0 Å². The summed E-state index contributed by atoms with van der Waals surface area (Å²) in [6.45, 7) is 8.85. The van der Waals surface area contributed by atoms with Crippen LogP contribution in [0.25, 0.3) is 0 Å². The Morgan fingerprint density at radius 3 is 1.76 bits per heavy atom. The lowest BCUT2D eigenvalue weighted by atomic mass is 10.2. The first-order valence-electron chi connectivity index (χ1n) is 6.78. The Bertz CT molecular complexity index is 305. The fraction of sp³-hybridized carbons (Fsp3) is 0.600. The molecule has 0 bridgehead atoms. The SMILES string of the molecule is CCCC(C)Nc1ccc(NC(C)CC)cc1. The Balaban J connectivity index is 2.49. The molecule has 2 atom stereocenters. The third-order valence-electron chi connectivity index (χ3n) is 3.05. The lowest BCUT2D eigenvalue weighted by molar-refractivity contribution is 0.690. The molecule has 0 saturated heterocycles. The van der Waals surface area contributed by atoms with Gasteiger partial charge < -0.3 is 10.6 Å². The van der Waals surface area contributed by atoms with Crippen molar-refractivity contribution in [1.82, 2.24) is 0 Å². The molecule has 96 valence electrons. The number of hydrogen-bond donors (Lipinski definition) is 2. The fourth-order valence-electron chi connectivity index (χ4n) is 1.84. The van der Waals surface area contributed by atoms with Crippen molar-refractivity contribution < 1.29 is 0 Å². The molecule has 0 aliphatic carbocycles. The molecular weight excluding hydrogens is 208 g/mol. The van der Waals surface area contributed by atoms with Gasteiger partial charge in [-0.1, -0.05) is 20.3 Å². The van der Waals surface area contributed by atoms with E-state index in [0.717, 1.165) is 6.42 Å². The average molecular weight is 234 g/mol.